The van der Waals surface area contributed by atoms with Crippen LogP contribution in [0.5, 0.6) is 0 Å². The largest absolute Gasteiger partial charge is 0.385 e. The van der Waals surface area contributed by atoms with E-state index in [2.05, 4.69) is 5.32 Å². The summed E-state index contributed by atoms with van der Waals surface area (Å²) in [5.41, 5.74) is 1.73. The zero-order valence-electron chi connectivity index (χ0n) is 15.2. The van der Waals surface area contributed by atoms with Crippen LogP contribution >= 0.6 is 0 Å². The van der Waals surface area contributed by atoms with Gasteiger partial charge in [-0.2, -0.15) is 0 Å². The van der Waals surface area contributed by atoms with E-state index in [4.69, 9.17) is 4.74 Å². The van der Waals surface area contributed by atoms with Crippen molar-refractivity contribution in [3.05, 3.63) is 59.7 Å². The molecule has 0 aliphatic carbocycles. The molecule has 2 aromatic carbocycles. The highest BCUT2D eigenvalue weighted by molar-refractivity contribution is 7.92. The van der Waals surface area contributed by atoms with Crippen LogP contribution in [0.4, 0.5) is 5.69 Å². The molecule has 140 valence electrons. The van der Waals surface area contributed by atoms with E-state index >= 15 is 0 Å². The van der Waals surface area contributed by atoms with Crippen molar-refractivity contribution in [3.8, 4) is 0 Å². The number of aryl methyl sites for hydroxylation is 1. The summed E-state index contributed by atoms with van der Waals surface area (Å²) < 4.78 is 31.7. The van der Waals surface area contributed by atoms with Crippen molar-refractivity contribution in [2.24, 2.45) is 0 Å². The predicted octanol–water partition coefficient (Wildman–Crippen LogP) is 2.59. The molecule has 2 aromatic rings. The number of hydrogen-bond donors (Lipinski definition) is 1. The number of benzene rings is 2. The van der Waals surface area contributed by atoms with Gasteiger partial charge in [-0.05, 0) is 49.2 Å². The zero-order chi connectivity index (χ0) is 19.2. The molecule has 0 bridgehead atoms. The van der Waals surface area contributed by atoms with Gasteiger partial charge in [0, 0.05) is 32.9 Å². The first-order valence-corrected chi connectivity index (χ1v) is 9.73. The number of carbonyl (C=O) groups excluding carboxylic acids is 1. The molecular weight excluding hydrogens is 352 g/mol. The van der Waals surface area contributed by atoms with Gasteiger partial charge in [-0.3, -0.25) is 9.10 Å². The fraction of sp³-hybridized carbons (Fsp3) is 0.316. The van der Waals surface area contributed by atoms with Gasteiger partial charge in [-0.25, -0.2) is 8.42 Å². The van der Waals surface area contributed by atoms with E-state index in [9.17, 15) is 13.2 Å². The van der Waals surface area contributed by atoms with E-state index in [1.807, 2.05) is 0 Å². The highest BCUT2D eigenvalue weighted by Gasteiger charge is 2.22. The predicted molar refractivity (Wildman–Crippen MR) is 102 cm³/mol. The summed E-state index contributed by atoms with van der Waals surface area (Å²) in [7, 11) is -0.525. The van der Waals surface area contributed by atoms with Crippen LogP contribution in [-0.4, -0.2) is 41.6 Å². The average Bonchev–Trinajstić information content (AvgIpc) is 2.65. The Morgan fingerprint density at radius 3 is 2.46 bits per heavy atom. The van der Waals surface area contributed by atoms with E-state index in [0.717, 1.165) is 6.42 Å². The van der Waals surface area contributed by atoms with Crippen molar-refractivity contribution in [2.45, 2.75) is 18.2 Å². The first-order chi connectivity index (χ1) is 12.4. The standard InChI is InChI=1S/C19H24N2O4S/c1-15-14-16(19(22)20-12-7-13-25-3)10-11-18(15)21(2)26(23,24)17-8-5-4-6-9-17/h4-6,8-11,14H,7,12-13H2,1-3H3,(H,20,22). The molecule has 0 fully saturated rings. The highest BCUT2D eigenvalue weighted by Crippen LogP contribution is 2.26. The SMILES string of the molecule is COCCCNC(=O)c1ccc(N(C)S(=O)(=O)c2ccccc2)c(C)c1. The number of amides is 1. The maximum atomic E-state index is 12.7. The molecule has 0 saturated heterocycles. The summed E-state index contributed by atoms with van der Waals surface area (Å²) in [4.78, 5) is 12.4. The lowest BCUT2D eigenvalue weighted by Crippen LogP contribution is -2.28. The lowest BCUT2D eigenvalue weighted by molar-refractivity contribution is 0.0948. The Kier molecular flexibility index (Phi) is 6.76. The van der Waals surface area contributed by atoms with E-state index in [1.165, 1.54) is 11.4 Å². The number of anilines is 1. The van der Waals surface area contributed by atoms with Crippen LogP contribution < -0.4 is 9.62 Å². The van der Waals surface area contributed by atoms with Crippen molar-refractivity contribution >= 4 is 21.6 Å². The van der Waals surface area contributed by atoms with Gasteiger partial charge in [-0.15, -0.1) is 0 Å². The smallest absolute Gasteiger partial charge is 0.264 e. The minimum absolute atomic E-state index is 0.190. The van der Waals surface area contributed by atoms with E-state index in [1.54, 1.807) is 62.6 Å². The normalized spacial score (nSPS) is 11.2. The molecule has 0 heterocycles. The van der Waals surface area contributed by atoms with Gasteiger partial charge in [0.1, 0.15) is 0 Å². The van der Waals surface area contributed by atoms with E-state index < -0.39 is 10.0 Å². The molecular formula is C19H24N2O4S. The molecule has 0 aromatic heterocycles. The summed E-state index contributed by atoms with van der Waals surface area (Å²) in [6, 6.07) is 13.2. The maximum Gasteiger partial charge on any atom is 0.264 e. The summed E-state index contributed by atoms with van der Waals surface area (Å²) in [5, 5.41) is 2.81. The molecule has 1 amide bonds. The van der Waals surface area contributed by atoms with E-state index in [-0.39, 0.29) is 10.8 Å². The third-order valence-electron chi connectivity index (χ3n) is 4.01. The van der Waals surface area contributed by atoms with Gasteiger partial charge in [0.2, 0.25) is 0 Å². The van der Waals surface area contributed by atoms with Gasteiger partial charge in [-0.1, -0.05) is 18.2 Å². The molecule has 7 heteroatoms. The number of ether oxygens (including phenoxy) is 1. The first-order valence-electron chi connectivity index (χ1n) is 8.29. The second kappa shape index (κ2) is 8.82. The Bertz CT molecular complexity index is 851. The van der Waals surface area contributed by atoms with Crippen LogP contribution in [-0.2, 0) is 14.8 Å². The molecule has 2 rings (SSSR count). The number of sulfonamides is 1. The van der Waals surface area contributed by atoms with Crippen LogP contribution in [0.2, 0.25) is 0 Å². The van der Waals surface area contributed by atoms with Gasteiger partial charge in [0.25, 0.3) is 15.9 Å². The topological polar surface area (TPSA) is 75.7 Å². The molecule has 0 unspecified atom stereocenters. The van der Waals surface area contributed by atoms with Gasteiger partial charge in [0.05, 0.1) is 10.6 Å². The summed E-state index contributed by atoms with van der Waals surface area (Å²) in [6.07, 6.45) is 0.733. The summed E-state index contributed by atoms with van der Waals surface area (Å²) in [6.45, 7) is 2.89. The van der Waals surface area contributed by atoms with Crippen LogP contribution in [0.15, 0.2) is 53.4 Å². The number of nitrogens with zero attached hydrogens (tertiary/aromatic N) is 1. The Labute approximate surface area is 154 Å². The van der Waals surface area contributed by atoms with Crippen LogP contribution in [0.3, 0.4) is 0 Å². The van der Waals surface area contributed by atoms with E-state index in [0.29, 0.717) is 30.0 Å². The minimum atomic E-state index is -3.65. The second-order valence-corrected chi connectivity index (χ2v) is 7.86. The number of hydrogen-bond acceptors (Lipinski definition) is 4. The molecule has 0 aliphatic heterocycles. The quantitative estimate of drug-likeness (QED) is 0.719. The zero-order valence-corrected chi connectivity index (χ0v) is 16.0. The van der Waals surface area contributed by atoms with Crippen LogP contribution in [0.25, 0.3) is 0 Å². The molecule has 1 N–H and O–H groups in total. The molecule has 0 atom stereocenters. The van der Waals surface area contributed by atoms with Gasteiger partial charge >= 0.3 is 0 Å². The minimum Gasteiger partial charge on any atom is -0.385 e. The number of methoxy groups -OCH3 is 1. The molecule has 26 heavy (non-hydrogen) atoms. The lowest BCUT2D eigenvalue weighted by atomic mass is 10.1. The fourth-order valence-electron chi connectivity index (χ4n) is 2.55. The molecule has 0 spiro atoms. The number of carbonyl (C=O) groups is 1. The molecule has 0 saturated carbocycles. The monoisotopic (exact) mass is 376 g/mol. The Hall–Kier alpha value is -2.38. The molecule has 6 nitrogen and oxygen atoms in total. The molecule has 0 radical (unpaired) electrons. The summed E-state index contributed by atoms with van der Waals surface area (Å²) in [5.74, 6) is -0.190. The summed E-state index contributed by atoms with van der Waals surface area (Å²) >= 11 is 0. The maximum absolute atomic E-state index is 12.7. The number of rotatable bonds is 8. The van der Waals surface area contributed by atoms with Crippen LogP contribution in [0.1, 0.15) is 22.3 Å². The van der Waals surface area contributed by atoms with Gasteiger partial charge in [0.15, 0.2) is 0 Å². The highest BCUT2D eigenvalue weighted by atomic mass is 32.2. The van der Waals surface area contributed by atoms with Gasteiger partial charge < -0.3 is 10.1 Å². The average molecular weight is 376 g/mol. The fourth-order valence-corrected chi connectivity index (χ4v) is 3.83. The Morgan fingerprint density at radius 2 is 1.85 bits per heavy atom. The Balaban J connectivity index is 2.17. The van der Waals surface area contributed by atoms with Crippen LogP contribution in [0, 0.1) is 6.92 Å². The third-order valence-corrected chi connectivity index (χ3v) is 5.80. The first kappa shape index (κ1) is 19.9. The van der Waals surface area contributed by atoms with Crippen molar-refractivity contribution in [2.75, 3.05) is 31.6 Å². The van der Waals surface area contributed by atoms with Crippen molar-refractivity contribution in [3.63, 3.8) is 0 Å². The lowest BCUT2D eigenvalue weighted by Gasteiger charge is -2.22. The second-order valence-electron chi connectivity index (χ2n) is 5.89. The van der Waals surface area contributed by atoms with Crippen molar-refractivity contribution < 1.29 is 17.9 Å². The molecule has 0 aliphatic rings. The van der Waals surface area contributed by atoms with Crippen molar-refractivity contribution in [1.82, 2.24) is 5.32 Å². The third kappa shape index (κ3) is 4.62. The Morgan fingerprint density at radius 1 is 1.15 bits per heavy atom. The number of nitrogens with one attached hydrogen (secondary N) is 1. The van der Waals surface area contributed by atoms with Crippen molar-refractivity contribution in [1.29, 1.82) is 0 Å².